The summed E-state index contributed by atoms with van der Waals surface area (Å²) < 4.78 is 0. The fourth-order valence-corrected chi connectivity index (χ4v) is 7.35. The number of rotatable bonds is 4. The van der Waals surface area contributed by atoms with E-state index >= 15 is 0 Å². The average molecular weight is 369 g/mol. The van der Waals surface area contributed by atoms with E-state index < -0.39 is 7.55 Å². The Bertz CT molecular complexity index is 763. The maximum absolute atomic E-state index is 2.69. The number of hydrogen-bond acceptors (Lipinski definition) is 0. The highest BCUT2D eigenvalue weighted by Crippen LogP contribution is 2.37. The molecule has 0 nitrogen and oxygen atoms in total. The normalized spacial score (nSPS) is 12.5. The minimum Gasteiger partial charge on any atom is -0.0752 e. The predicted molar refractivity (Wildman–Crippen MR) is 123 cm³/mol. The van der Waals surface area contributed by atoms with Gasteiger partial charge < -0.3 is 0 Å². The second-order valence-corrected chi connectivity index (χ2v) is 12.1. The van der Waals surface area contributed by atoms with E-state index in [1.807, 2.05) is 0 Å². The van der Waals surface area contributed by atoms with Gasteiger partial charge in [0, 0.05) is 0 Å². The molecule has 0 saturated carbocycles. The summed E-state index contributed by atoms with van der Waals surface area (Å²) in [6.45, 7) is 20.8. The topological polar surface area (TPSA) is 0 Å². The molecule has 142 valence electrons. The number of hydrogen-bond donors (Lipinski definition) is 0. The molecule has 2 rings (SSSR count). The summed E-state index contributed by atoms with van der Waals surface area (Å²) >= 11 is 0. The maximum Gasteiger partial charge on any atom is -0.0162 e. The van der Waals surface area contributed by atoms with Crippen LogP contribution in [0.1, 0.15) is 63.3 Å². The van der Waals surface area contributed by atoms with Crippen LogP contribution in [0.25, 0.3) is 0 Å². The van der Waals surface area contributed by atoms with E-state index in [0.29, 0.717) is 5.41 Å². The van der Waals surface area contributed by atoms with Crippen LogP contribution in [0.3, 0.4) is 0 Å². The largest absolute Gasteiger partial charge is 0.0752 e. The van der Waals surface area contributed by atoms with Gasteiger partial charge in [0.1, 0.15) is 0 Å². The van der Waals surface area contributed by atoms with Crippen LogP contribution in [-0.4, -0.2) is 5.80 Å². The van der Waals surface area contributed by atoms with Crippen molar-refractivity contribution in [1.82, 2.24) is 0 Å². The molecular weight excluding hydrogens is 331 g/mol. The monoisotopic (exact) mass is 368 g/mol. The molecule has 1 heteroatoms. The molecule has 0 aliphatic rings. The van der Waals surface area contributed by atoms with E-state index in [1.54, 1.807) is 0 Å². The van der Waals surface area contributed by atoms with Crippen LogP contribution in [0, 0.1) is 38.5 Å². The van der Waals surface area contributed by atoms with Crippen molar-refractivity contribution in [2.75, 3.05) is 0 Å². The lowest BCUT2D eigenvalue weighted by atomic mass is 9.78. The second-order valence-electron chi connectivity index (χ2n) is 9.92. The molecule has 0 radical (unpaired) electrons. The second kappa shape index (κ2) is 7.77. The summed E-state index contributed by atoms with van der Waals surface area (Å²) in [4.78, 5) is 0. The van der Waals surface area contributed by atoms with Gasteiger partial charge in [-0.2, -0.15) is 0 Å². The summed E-state index contributed by atoms with van der Waals surface area (Å²) in [6.07, 6.45) is 1.20. The van der Waals surface area contributed by atoms with Gasteiger partial charge in [-0.05, 0) is 66.7 Å². The Morgan fingerprint density at radius 1 is 0.731 bits per heavy atom. The molecule has 0 atom stereocenters. The quantitative estimate of drug-likeness (QED) is 0.552. The van der Waals surface area contributed by atoms with Crippen molar-refractivity contribution in [3.8, 4) is 0 Å². The van der Waals surface area contributed by atoms with Gasteiger partial charge in [-0.3, -0.25) is 0 Å². The molecule has 2 aromatic rings. The first-order valence-electron chi connectivity index (χ1n) is 9.76. The van der Waals surface area contributed by atoms with E-state index in [-0.39, 0.29) is 5.41 Å². The zero-order chi connectivity index (χ0) is 19.7. The molecule has 0 aromatic heterocycles. The van der Waals surface area contributed by atoms with Crippen molar-refractivity contribution in [3.63, 3.8) is 0 Å². The first-order valence-corrected chi connectivity index (χ1v) is 11.3. The Morgan fingerprint density at radius 3 is 1.50 bits per heavy atom. The molecule has 26 heavy (non-hydrogen) atoms. The zero-order valence-electron chi connectivity index (χ0n) is 18.2. The van der Waals surface area contributed by atoms with Gasteiger partial charge in [-0.25, -0.2) is 0 Å². The van der Waals surface area contributed by atoms with Crippen molar-refractivity contribution < 1.29 is 0 Å². The van der Waals surface area contributed by atoms with E-state index in [1.165, 1.54) is 39.3 Å². The summed E-state index contributed by atoms with van der Waals surface area (Å²) in [5.74, 6) is 2.69. The molecule has 0 fully saturated rings. The van der Waals surface area contributed by atoms with Crippen LogP contribution in [0.4, 0.5) is 0 Å². The fraction of sp³-hybridized carbons (Fsp3) is 0.480. The molecule has 0 N–H and O–H groups in total. The zero-order valence-corrected chi connectivity index (χ0v) is 19.2. The van der Waals surface area contributed by atoms with E-state index in [2.05, 4.69) is 105 Å². The highest BCUT2D eigenvalue weighted by atomic mass is 31.1. The Labute approximate surface area is 162 Å². The number of benzene rings is 2. The third-order valence-electron chi connectivity index (χ3n) is 4.87. The molecular formula is C25H37P. The molecule has 0 bridgehead atoms. The van der Waals surface area contributed by atoms with Crippen molar-refractivity contribution >= 4 is 24.0 Å². The lowest BCUT2D eigenvalue weighted by molar-refractivity contribution is 0.285. The van der Waals surface area contributed by atoms with E-state index in [0.717, 1.165) is 0 Å². The van der Waals surface area contributed by atoms with Gasteiger partial charge in [-0.15, -0.1) is 0 Å². The summed E-state index contributed by atoms with van der Waals surface area (Å²) in [7, 11) is -0.947. The molecule has 0 saturated heterocycles. The highest BCUT2D eigenvalue weighted by Gasteiger charge is 2.25. The van der Waals surface area contributed by atoms with E-state index in [9.17, 15) is 0 Å². The van der Waals surface area contributed by atoms with Gasteiger partial charge in [0.2, 0.25) is 0 Å². The molecule has 2 aromatic carbocycles. The highest BCUT2D eigenvalue weighted by molar-refractivity contribution is 7.72. The average Bonchev–Trinajstić information content (AvgIpc) is 2.43. The van der Waals surface area contributed by atoms with Crippen LogP contribution in [0.15, 0.2) is 36.4 Å². The van der Waals surface area contributed by atoms with Crippen LogP contribution in [0.5, 0.6) is 0 Å². The standard InChI is InChI=1S/C25H37P/c1-18-10-12-22(20(3)14-18)26(17-25(8,9)16-24(5,6)7)23-13-11-19(2)15-21(23)4/h10-15,17,26H,16H2,1-9H3. The Balaban J connectivity index is 2.68. The van der Waals surface area contributed by atoms with Crippen molar-refractivity contribution in [2.24, 2.45) is 10.8 Å². The first-order chi connectivity index (χ1) is 11.9. The SMILES string of the molecule is Cc1ccc([PH](=CC(C)(C)CC(C)(C)C)c2ccc(C)cc2C)c(C)c1. The molecule has 0 amide bonds. The van der Waals surface area contributed by atoms with Crippen LogP contribution in [0.2, 0.25) is 0 Å². The van der Waals surface area contributed by atoms with Crippen LogP contribution < -0.4 is 10.6 Å². The van der Waals surface area contributed by atoms with Crippen molar-refractivity contribution in [1.29, 1.82) is 0 Å². The number of aryl methyl sites for hydroxylation is 4. The Hall–Kier alpha value is -1.26. The molecule has 0 aliphatic carbocycles. The summed E-state index contributed by atoms with van der Waals surface area (Å²) in [5, 5.41) is 3.07. The van der Waals surface area contributed by atoms with Gasteiger partial charge in [-0.1, -0.05) is 95.5 Å². The third-order valence-corrected chi connectivity index (χ3v) is 8.22. The van der Waals surface area contributed by atoms with E-state index in [4.69, 9.17) is 0 Å². The summed E-state index contributed by atoms with van der Waals surface area (Å²) in [6, 6.07) is 14.0. The Morgan fingerprint density at radius 2 is 1.15 bits per heavy atom. The van der Waals surface area contributed by atoms with Crippen LogP contribution >= 0.6 is 7.55 Å². The minimum absolute atomic E-state index is 0.210. The predicted octanol–water partition coefficient (Wildman–Crippen LogP) is 6.35. The molecule has 0 unspecified atom stereocenters. The van der Waals surface area contributed by atoms with Crippen molar-refractivity contribution in [2.45, 2.75) is 68.7 Å². The van der Waals surface area contributed by atoms with Crippen molar-refractivity contribution in [3.05, 3.63) is 58.7 Å². The van der Waals surface area contributed by atoms with Gasteiger partial charge in [0.05, 0.1) is 0 Å². The third kappa shape index (κ3) is 5.62. The van der Waals surface area contributed by atoms with Gasteiger partial charge in [0.15, 0.2) is 0 Å². The maximum atomic E-state index is 2.69. The van der Waals surface area contributed by atoms with Crippen LogP contribution in [-0.2, 0) is 0 Å². The summed E-state index contributed by atoms with van der Waals surface area (Å²) in [5.41, 5.74) is 6.10. The fourth-order valence-electron chi connectivity index (χ4n) is 4.34. The molecule has 0 spiro atoms. The lowest BCUT2D eigenvalue weighted by Crippen LogP contribution is -2.24. The van der Waals surface area contributed by atoms with Gasteiger partial charge in [0.25, 0.3) is 0 Å². The first kappa shape index (κ1) is 21.0. The minimum atomic E-state index is -0.947. The Kier molecular flexibility index (Phi) is 6.29. The molecule has 0 aliphatic heterocycles. The molecule has 0 heterocycles. The smallest absolute Gasteiger partial charge is 0.0162 e. The van der Waals surface area contributed by atoms with Gasteiger partial charge >= 0.3 is 0 Å². The lowest BCUT2D eigenvalue weighted by Gasteiger charge is -2.31.